The molecule has 0 saturated heterocycles. The second-order valence-corrected chi connectivity index (χ2v) is 6.41. The molecule has 1 aliphatic heterocycles. The summed E-state index contributed by atoms with van der Waals surface area (Å²) in [6.45, 7) is 1.38. The van der Waals surface area contributed by atoms with Crippen LogP contribution in [-0.4, -0.2) is 47.5 Å². The molecular weight excluding hydrogens is 467 g/mol. The molecule has 7 nitrogen and oxygen atoms in total. The lowest BCUT2D eigenvalue weighted by Crippen LogP contribution is -2.48. The molecule has 9 heteroatoms. The highest BCUT2D eigenvalue weighted by atomic mass is 127. The molecule has 2 atom stereocenters. The van der Waals surface area contributed by atoms with Crippen molar-refractivity contribution in [2.75, 3.05) is 20.7 Å². The summed E-state index contributed by atoms with van der Waals surface area (Å²) in [5, 5.41) is 11.7. The Morgan fingerprint density at radius 2 is 2.35 bits per heavy atom. The van der Waals surface area contributed by atoms with Crippen molar-refractivity contribution in [3.63, 3.8) is 0 Å². The lowest BCUT2D eigenvalue weighted by molar-refractivity contribution is 0.106. The van der Waals surface area contributed by atoms with Crippen LogP contribution < -0.4 is 10.6 Å². The largest absolute Gasteiger partial charge is 0.375 e. The third kappa shape index (κ3) is 5.31. The van der Waals surface area contributed by atoms with Crippen LogP contribution in [0.1, 0.15) is 23.9 Å². The lowest BCUT2D eigenvalue weighted by atomic mass is 10.1. The van der Waals surface area contributed by atoms with Crippen molar-refractivity contribution in [1.82, 2.24) is 25.4 Å². The standard InChI is InChI=1S/C17H23ClN6O.HI/c1-19-17(23-14-6-7-16-21-11-22-24(16)10-14)20-9-15(25-2)12-4-3-5-13(18)8-12;/h3-5,8,11,14-15H,6-7,9-10H2,1-2H3,(H2,19,20,23);1H. The Morgan fingerprint density at radius 3 is 3.08 bits per heavy atom. The molecule has 26 heavy (non-hydrogen) atoms. The predicted molar refractivity (Wildman–Crippen MR) is 113 cm³/mol. The fourth-order valence-corrected chi connectivity index (χ4v) is 3.18. The first kappa shape index (κ1) is 20.9. The minimum atomic E-state index is -0.106. The van der Waals surface area contributed by atoms with Gasteiger partial charge >= 0.3 is 0 Å². The van der Waals surface area contributed by atoms with Crippen LogP contribution in [0.15, 0.2) is 35.6 Å². The molecule has 0 aliphatic carbocycles. The number of guanidine groups is 1. The summed E-state index contributed by atoms with van der Waals surface area (Å²) in [7, 11) is 3.46. The van der Waals surface area contributed by atoms with Crippen LogP contribution in [0, 0.1) is 0 Å². The molecule has 2 heterocycles. The van der Waals surface area contributed by atoms with E-state index >= 15 is 0 Å². The summed E-state index contributed by atoms with van der Waals surface area (Å²) in [6.07, 6.45) is 3.42. The quantitative estimate of drug-likeness (QED) is 0.382. The molecule has 0 saturated carbocycles. The summed E-state index contributed by atoms with van der Waals surface area (Å²) >= 11 is 6.07. The number of benzene rings is 1. The van der Waals surface area contributed by atoms with Crippen molar-refractivity contribution in [2.45, 2.75) is 31.5 Å². The number of methoxy groups -OCH3 is 1. The Kier molecular flexibility index (Phi) is 8.11. The van der Waals surface area contributed by atoms with Crippen LogP contribution in [0.4, 0.5) is 0 Å². The molecule has 2 unspecified atom stereocenters. The summed E-state index contributed by atoms with van der Waals surface area (Å²) in [6, 6.07) is 7.97. The van der Waals surface area contributed by atoms with Gasteiger partial charge in [0.15, 0.2) is 5.96 Å². The zero-order chi connectivity index (χ0) is 17.6. The minimum absolute atomic E-state index is 0. The van der Waals surface area contributed by atoms with Gasteiger partial charge in [-0.2, -0.15) is 5.10 Å². The van der Waals surface area contributed by atoms with E-state index in [-0.39, 0.29) is 36.1 Å². The normalized spacial score (nSPS) is 17.8. The van der Waals surface area contributed by atoms with Crippen molar-refractivity contribution in [3.8, 4) is 0 Å². The first-order valence-corrected chi connectivity index (χ1v) is 8.69. The molecule has 2 N–H and O–H groups in total. The van der Waals surface area contributed by atoms with Crippen LogP contribution in [0.3, 0.4) is 0 Å². The average molecular weight is 491 g/mol. The second-order valence-electron chi connectivity index (χ2n) is 5.97. The number of fused-ring (bicyclic) bond motifs is 1. The maximum absolute atomic E-state index is 6.07. The van der Waals surface area contributed by atoms with E-state index in [2.05, 4.69) is 25.7 Å². The van der Waals surface area contributed by atoms with E-state index in [1.54, 1.807) is 20.5 Å². The van der Waals surface area contributed by atoms with Crippen LogP contribution in [0.2, 0.25) is 5.02 Å². The first-order chi connectivity index (χ1) is 12.2. The number of aryl methyl sites for hydroxylation is 1. The SMILES string of the molecule is CN=C(NCC(OC)c1cccc(Cl)c1)NC1CCc2ncnn2C1.I. The van der Waals surface area contributed by atoms with E-state index < -0.39 is 0 Å². The molecule has 2 aromatic rings. The van der Waals surface area contributed by atoms with Gasteiger partial charge in [0.2, 0.25) is 0 Å². The van der Waals surface area contributed by atoms with E-state index in [9.17, 15) is 0 Å². The number of nitrogens with one attached hydrogen (secondary N) is 2. The molecule has 0 radical (unpaired) electrons. The predicted octanol–water partition coefficient (Wildman–Crippen LogP) is 2.42. The van der Waals surface area contributed by atoms with E-state index in [4.69, 9.17) is 16.3 Å². The molecule has 0 amide bonds. The molecule has 0 bridgehead atoms. The lowest BCUT2D eigenvalue weighted by Gasteiger charge is -2.26. The molecule has 3 rings (SSSR count). The number of hydrogen-bond donors (Lipinski definition) is 2. The number of halogens is 2. The van der Waals surface area contributed by atoms with Gasteiger partial charge in [0.25, 0.3) is 0 Å². The monoisotopic (exact) mass is 490 g/mol. The highest BCUT2D eigenvalue weighted by molar-refractivity contribution is 14.0. The van der Waals surface area contributed by atoms with E-state index in [1.165, 1.54) is 0 Å². The molecule has 1 aromatic heterocycles. The molecular formula is C17H24ClIN6O. The minimum Gasteiger partial charge on any atom is -0.375 e. The van der Waals surface area contributed by atoms with Gasteiger partial charge in [-0.3, -0.25) is 4.99 Å². The van der Waals surface area contributed by atoms with Gasteiger partial charge in [0.1, 0.15) is 12.2 Å². The maximum Gasteiger partial charge on any atom is 0.191 e. The summed E-state index contributed by atoms with van der Waals surface area (Å²) in [5.74, 6) is 1.79. The topological polar surface area (TPSA) is 76.4 Å². The molecule has 1 aliphatic rings. The highest BCUT2D eigenvalue weighted by Gasteiger charge is 2.21. The fraction of sp³-hybridized carbons (Fsp3) is 0.471. The number of nitrogens with zero attached hydrogens (tertiary/aromatic N) is 4. The Bertz CT molecular complexity index is 738. The van der Waals surface area contributed by atoms with Gasteiger partial charge in [-0.1, -0.05) is 23.7 Å². The zero-order valence-electron chi connectivity index (χ0n) is 14.9. The highest BCUT2D eigenvalue weighted by Crippen LogP contribution is 2.19. The van der Waals surface area contributed by atoms with E-state index in [0.29, 0.717) is 11.6 Å². The summed E-state index contributed by atoms with van der Waals surface area (Å²) in [4.78, 5) is 8.56. The van der Waals surface area contributed by atoms with Gasteiger partial charge in [-0.15, -0.1) is 24.0 Å². The summed E-state index contributed by atoms with van der Waals surface area (Å²) < 4.78 is 7.53. The Hall–Kier alpha value is -1.39. The molecule has 0 spiro atoms. The fourth-order valence-electron chi connectivity index (χ4n) is 2.98. The number of ether oxygens (including phenoxy) is 1. The van der Waals surface area contributed by atoms with Crippen molar-refractivity contribution >= 4 is 41.5 Å². The smallest absolute Gasteiger partial charge is 0.191 e. The van der Waals surface area contributed by atoms with Crippen molar-refractivity contribution in [2.24, 2.45) is 4.99 Å². The van der Waals surface area contributed by atoms with Crippen LogP contribution in [0.25, 0.3) is 0 Å². The third-order valence-corrected chi connectivity index (χ3v) is 4.56. The number of aromatic nitrogens is 3. The molecule has 1 aromatic carbocycles. The van der Waals surface area contributed by atoms with Gasteiger partial charge in [0.05, 0.1) is 12.6 Å². The van der Waals surface area contributed by atoms with Crippen molar-refractivity contribution < 1.29 is 4.74 Å². The van der Waals surface area contributed by atoms with Crippen LogP contribution in [0.5, 0.6) is 0 Å². The Balaban J connectivity index is 0.00000243. The number of rotatable bonds is 5. The van der Waals surface area contributed by atoms with E-state index in [1.807, 2.05) is 28.9 Å². The molecule has 142 valence electrons. The van der Waals surface area contributed by atoms with Crippen molar-refractivity contribution in [3.05, 3.63) is 47.0 Å². The first-order valence-electron chi connectivity index (χ1n) is 8.31. The van der Waals surface area contributed by atoms with Crippen LogP contribution >= 0.6 is 35.6 Å². The zero-order valence-corrected chi connectivity index (χ0v) is 17.9. The summed E-state index contributed by atoms with van der Waals surface area (Å²) in [5.41, 5.74) is 1.03. The molecule has 0 fully saturated rings. The van der Waals surface area contributed by atoms with Gasteiger partial charge in [0, 0.05) is 38.2 Å². The third-order valence-electron chi connectivity index (χ3n) is 4.33. The Labute approximate surface area is 175 Å². The Morgan fingerprint density at radius 1 is 1.50 bits per heavy atom. The van der Waals surface area contributed by atoms with Crippen LogP contribution in [-0.2, 0) is 17.7 Å². The maximum atomic E-state index is 6.07. The average Bonchev–Trinajstić information content (AvgIpc) is 3.09. The second kappa shape index (κ2) is 10.1. The van der Waals surface area contributed by atoms with Gasteiger partial charge in [-0.05, 0) is 24.1 Å². The number of hydrogen-bond acceptors (Lipinski definition) is 4. The van der Waals surface area contributed by atoms with Gasteiger partial charge < -0.3 is 15.4 Å². The van der Waals surface area contributed by atoms with Gasteiger partial charge in [-0.25, -0.2) is 9.67 Å². The number of aliphatic imine (C=N–C) groups is 1. The van der Waals surface area contributed by atoms with E-state index in [0.717, 1.165) is 36.7 Å². The van der Waals surface area contributed by atoms with Crippen molar-refractivity contribution in [1.29, 1.82) is 0 Å².